The molecule has 11 heavy (non-hydrogen) atoms. The first-order chi connectivity index (χ1) is 5.12. The molecule has 0 saturated carbocycles. The summed E-state index contributed by atoms with van der Waals surface area (Å²) in [6, 6.07) is 0. The number of halogens is 2. The molecule has 68 valence electrons. The van der Waals surface area contributed by atoms with E-state index in [1.54, 1.807) is 0 Å². The Morgan fingerprint density at radius 1 is 1.00 bits per heavy atom. The summed E-state index contributed by atoms with van der Waals surface area (Å²) < 4.78 is 26.0. The molecule has 0 aromatic carbocycles. The number of nitrogens with one attached hydrogen (secondary N) is 2. The smallest absolute Gasteiger partial charge is 0.201 e. The van der Waals surface area contributed by atoms with Crippen molar-refractivity contribution in [2.24, 2.45) is 0 Å². The Labute approximate surface area is 76.4 Å². The summed E-state index contributed by atoms with van der Waals surface area (Å²) in [5.74, 6) is 0.504. The Morgan fingerprint density at radius 2 is 1.36 bits per heavy atom. The molecule has 0 saturated heterocycles. The Hall–Kier alpha value is 0.450. The van der Waals surface area contributed by atoms with Crippen LogP contribution in [-0.2, 0) is 10.2 Å². The van der Waals surface area contributed by atoms with Crippen molar-refractivity contribution in [2.75, 3.05) is 24.8 Å². The van der Waals surface area contributed by atoms with Crippen LogP contribution in [0.4, 0.5) is 0 Å². The van der Waals surface area contributed by atoms with E-state index in [2.05, 4.69) is 9.44 Å². The lowest BCUT2D eigenvalue weighted by molar-refractivity contribution is 0.571. The molecule has 2 N–H and O–H groups in total. The maximum absolute atomic E-state index is 10.8. The average Bonchev–Trinajstić information content (AvgIpc) is 1.97. The van der Waals surface area contributed by atoms with Crippen molar-refractivity contribution >= 4 is 33.4 Å². The fourth-order valence-electron chi connectivity index (χ4n) is 0.397. The highest BCUT2D eigenvalue weighted by Gasteiger charge is 2.05. The fraction of sp³-hybridized carbons (Fsp3) is 1.00. The second-order valence-electron chi connectivity index (χ2n) is 1.67. The molecular formula is C4H10Cl2N2O2S. The normalized spacial score (nSPS) is 11.8. The summed E-state index contributed by atoms with van der Waals surface area (Å²) in [7, 11) is -3.37. The molecule has 0 spiro atoms. The molecule has 4 nitrogen and oxygen atoms in total. The molecule has 0 bridgehead atoms. The third-order valence-corrected chi connectivity index (χ3v) is 2.32. The Kier molecular flexibility index (Phi) is 6.27. The van der Waals surface area contributed by atoms with Gasteiger partial charge in [-0.2, -0.15) is 8.42 Å². The Morgan fingerprint density at radius 3 is 1.64 bits per heavy atom. The van der Waals surface area contributed by atoms with E-state index in [1.165, 1.54) is 0 Å². The van der Waals surface area contributed by atoms with Crippen molar-refractivity contribution in [1.29, 1.82) is 0 Å². The maximum Gasteiger partial charge on any atom is 0.276 e. The first kappa shape index (κ1) is 11.4. The van der Waals surface area contributed by atoms with Crippen molar-refractivity contribution < 1.29 is 8.42 Å². The van der Waals surface area contributed by atoms with Gasteiger partial charge in [-0.15, -0.1) is 23.2 Å². The van der Waals surface area contributed by atoms with Gasteiger partial charge in [-0.3, -0.25) is 0 Å². The van der Waals surface area contributed by atoms with Crippen molar-refractivity contribution in [1.82, 2.24) is 9.44 Å². The minimum absolute atomic E-state index is 0.221. The fourth-order valence-corrected chi connectivity index (χ4v) is 1.65. The zero-order chi connectivity index (χ0) is 8.74. The number of hydrogen-bond acceptors (Lipinski definition) is 2. The van der Waals surface area contributed by atoms with Crippen LogP contribution < -0.4 is 9.44 Å². The first-order valence-electron chi connectivity index (χ1n) is 2.98. The Bertz CT molecular complexity index is 169. The maximum atomic E-state index is 10.8. The SMILES string of the molecule is O=S(=O)(NCCCl)NCCCl. The highest BCUT2D eigenvalue weighted by atomic mass is 35.5. The lowest BCUT2D eigenvalue weighted by atomic mass is 10.8. The standard InChI is InChI=1S/C4H10Cl2N2O2S/c5-1-3-7-11(9,10)8-4-2-6/h7-8H,1-4H2. The van der Waals surface area contributed by atoms with Crippen molar-refractivity contribution in [3.8, 4) is 0 Å². The van der Waals surface area contributed by atoms with Gasteiger partial charge >= 0.3 is 0 Å². The van der Waals surface area contributed by atoms with E-state index in [1.807, 2.05) is 0 Å². The molecule has 0 heterocycles. The van der Waals surface area contributed by atoms with E-state index in [-0.39, 0.29) is 24.8 Å². The second kappa shape index (κ2) is 6.02. The van der Waals surface area contributed by atoms with E-state index in [0.29, 0.717) is 0 Å². The number of alkyl halides is 2. The topological polar surface area (TPSA) is 58.2 Å². The molecule has 0 aromatic heterocycles. The largest absolute Gasteiger partial charge is 0.276 e. The van der Waals surface area contributed by atoms with E-state index < -0.39 is 10.2 Å². The summed E-state index contributed by atoms with van der Waals surface area (Å²) >= 11 is 10.5. The third kappa shape index (κ3) is 6.83. The molecule has 0 atom stereocenters. The summed E-state index contributed by atoms with van der Waals surface area (Å²) in [6.07, 6.45) is 0. The molecule has 0 aliphatic rings. The van der Waals surface area contributed by atoms with Gasteiger partial charge in [0.05, 0.1) is 0 Å². The Balaban J connectivity index is 3.63. The van der Waals surface area contributed by atoms with E-state index in [0.717, 1.165) is 0 Å². The number of rotatable bonds is 6. The molecular weight excluding hydrogens is 211 g/mol. The quantitative estimate of drug-likeness (QED) is 0.615. The zero-order valence-corrected chi connectivity index (χ0v) is 8.14. The van der Waals surface area contributed by atoms with Crippen molar-refractivity contribution in [3.63, 3.8) is 0 Å². The van der Waals surface area contributed by atoms with Crippen LogP contribution in [0.2, 0.25) is 0 Å². The predicted octanol–water partition coefficient (Wildman–Crippen LogP) is -0.112. The van der Waals surface area contributed by atoms with E-state index in [9.17, 15) is 8.42 Å². The molecule has 0 radical (unpaired) electrons. The minimum Gasteiger partial charge on any atom is -0.201 e. The molecule has 0 aliphatic heterocycles. The van der Waals surface area contributed by atoms with Gasteiger partial charge in [-0.1, -0.05) is 0 Å². The lowest BCUT2D eigenvalue weighted by Gasteiger charge is -2.04. The zero-order valence-electron chi connectivity index (χ0n) is 5.81. The van der Waals surface area contributed by atoms with Gasteiger partial charge in [0, 0.05) is 24.8 Å². The second-order valence-corrected chi connectivity index (χ2v) is 4.01. The van der Waals surface area contributed by atoms with Gasteiger partial charge in [0.1, 0.15) is 0 Å². The summed E-state index contributed by atoms with van der Waals surface area (Å²) in [5.41, 5.74) is 0. The molecule has 0 fully saturated rings. The molecule has 0 rings (SSSR count). The van der Waals surface area contributed by atoms with Gasteiger partial charge < -0.3 is 0 Å². The van der Waals surface area contributed by atoms with E-state index >= 15 is 0 Å². The van der Waals surface area contributed by atoms with Crippen LogP contribution in [0.3, 0.4) is 0 Å². The first-order valence-corrected chi connectivity index (χ1v) is 5.54. The summed E-state index contributed by atoms with van der Waals surface area (Å²) in [5, 5.41) is 0. The lowest BCUT2D eigenvalue weighted by Crippen LogP contribution is -2.38. The molecule has 0 aliphatic carbocycles. The van der Waals surface area contributed by atoms with Gasteiger partial charge in [-0.25, -0.2) is 9.44 Å². The predicted molar refractivity (Wildman–Crippen MR) is 46.4 cm³/mol. The van der Waals surface area contributed by atoms with Crippen LogP contribution in [-0.4, -0.2) is 33.3 Å². The van der Waals surface area contributed by atoms with Crippen LogP contribution in [0.15, 0.2) is 0 Å². The number of hydrogen-bond donors (Lipinski definition) is 2. The van der Waals surface area contributed by atoms with Crippen LogP contribution in [0.1, 0.15) is 0 Å². The molecule has 7 heteroatoms. The van der Waals surface area contributed by atoms with Gasteiger partial charge in [0.2, 0.25) is 0 Å². The molecule has 0 unspecified atom stereocenters. The minimum atomic E-state index is -3.37. The average molecular weight is 221 g/mol. The van der Waals surface area contributed by atoms with Crippen LogP contribution in [0, 0.1) is 0 Å². The van der Waals surface area contributed by atoms with Crippen LogP contribution in [0.25, 0.3) is 0 Å². The summed E-state index contributed by atoms with van der Waals surface area (Å²) in [4.78, 5) is 0. The summed E-state index contributed by atoms with van der Waals surface area (Å²) in [6.45, 7) is 0.443. The monoisotopic (exact) mass is 220 g/mol. The molecule has 0 amide bonds. The van der Waals surface area contributed by atoms with Gasteiger partial charge in [0.25, 0.3) is 10.2 Å². The van der Waals surface area contributed by atoms with E-state index in [4.69, 9.17) is 23.2 Å². The molecule has 0 aromatic rings. The van der Waals surface area contributed by atoms with Crippen molar-refractivity contribution in [2.45, 2.75) is 0 Å². The highest BCUT2D eigenvalue weighted by Crippen LogP contribution is 1.79. The van der Waals surface area contributed by atoms with Crippen LogP contribution >= 0.6 is 23.2 Å². The van der Waals surface area contributed by atoms with Gasteiger partial charge in [-0.05, 0) is 0 Å². The highest BCUT2D eigenvalue weighted by molar-refractivity contribution is 7.87. The third-order valence-electron chi connectivity index (χ3n) is 0.773. The van der Waals surface area contributed by atoms with Gasteiger partial charge in [0.15, 0.2) is 0 Å². The van der Waals surface area contributed by atoms with Crippen LogP contribution in [0.5, 0.6) is 0 Å². The van der Waals surface area contributed by atoms with Crippen molar-refractivity contribution in [3.05, 3.63) is 0 Å².